The molecule has 1 aliphatic carbocycles. The van der Waals surface area contributed by atoms with Crippen molar-refractivity contribution in [2.75, 3.05) is 12.0 Å². The first-order chi connectivity index (χ1) is 19.1. The zero-order chi connectivity index (χ0) is 27.2. The lowest BCUT2D eigenvalue weighted by molar-refractivity contribution is -0.123. The first kappa shape index (κ1) is 26.0. The molecule has 0 saturated heterocycles. The third-order valence-electron chi connectivity index (χ3n) is 7.23. The van der Waals surface area contributed by atoms with Crippen molar-refractivity contribution in [1.82, 2.24) is 9.55 Å². The van der Waals surface area contributed by atoms with Crippen LogP contribution in [0.1, 0.15) is 59.5 Å². The second-order valence-electron chi connectivity index (χ2n) is 9.78. The van der Waals surface area contributed by atoms with Gasteiger partial charge in [-0.3, -0.25) is 4.79 Å². The van der Waals surface area contributed by atoms with Crippen molar-refractivity contribution in [1.29, 1.82) is 5.26 Å². The van der Waals surface area contributed by atoms with Gasteiger partial charge in [0.05, 0.1) is 37.3 Å². The van der Waals surface area contributed by atoms with Crippen molar-refractivity contribution in [3.63, 3.8) is 0 Å². The molecule has 0 atom stereocenters. The number of ether oxygens (including phenoxy) is 1. The van der Waals surface area contributed by atoms with E-state index in [0.29, 0.717) is 24.4 Å². The molecule has 8 heteroatoms. The average molecular weight is 523 g/mol. The molecule has 0 N–H and O–H groups in total. The SMILES string of the molecule is COC(=O)c1ccc(-c2ccc(N(Cc3cncn3Cc3ccc(C#N)cc3)C(=O)C3CCCCC3)cc2)o1. The minimum Gasteiger partial charge on any atom is -0.463 e. The maximum atomic E-state index is 13.8. The fourth-order valence-electron chi connectivity index (χ4n) is 5.04. The van der Waals surface area contributed by atoms with Gasteiger partial charge in [0.2, 0.25) is 11.7 Å². The van der Waals surface area contributed by atoms with Crippen LogP contribution in [0.5, 0.6) is 0 Å². The molecular weight excluding hydrogens is 492 g/mol. The third kappa shape index (κ3) is 5.93. The van der Waals surface area contributed by atoms with E-state index in [9.17, 15) is 9.59 Å². The second-order valence-corrected chi connectivity index (χ2v) is 9.78. The smallest absolute Gasteiger partial charge is 0.373 e. The summed E-state index contributed by atoms with van der Waals surface area (Å²) in [5.41, 5.74) is 4.17. The Balaban J connectivity index is 1.40. The number of amides is 1. The third-order valence-corrected chi connectivity index (χ3v) is 7.23. The number of carbonyl (C=O) groups is 2. The number of nitrogens with zero attached hydrogens (tertiary/aromatic N) is 4. The predicted molar refractivity (Wildman–Crippen MR) is 146 cm³/mol. The number of anilines is 1. The highest BCUT2D eigenvalue weighted by atomic mass is 16.5. The number of furan rings is 1. The highest BCUT2D eigenvalue weighted by molar-refractivity contribution is 5.95. The van der Waals surface area contributed by atoms with Crippen LogP contribution in [0.4, 0.5) is 5.69 Å². The molecule has 2 aromatic carbocycles. The van der Waals surface area contributed by atoms with Gasteiger partial charge in [0.1, 0.15) is 5.76 Å². The van der Waals surface area contributed by atoms with E-state index < -0.39 is 5.97 Å². The number of carbonyl (C=O) groups excluding carboxylic acids is 2. The van der Waals surface area contributed by atoms with E-state index in [0.717, 1.165) is 48.2 Å². The Bertz CT molecular complexity index is 1470. The molecule has 4 aromatic rings. The number of aromatic nitrogens is 2. The summed E-state index contributed by atoms with van der Waals surface area (Å²) in [6.45, 7) is 0.977. The van der Waals surface area contributed by atoms with Gasteiger partial charge in [0.25, 0.3) is 0 Å². The minimum absolute atomic E-state index is 0.000937. The van der Waals surface area contributed by atoms with Crippen molar-refractivity contribution < 1.29 is 18.7 Å². The van der Waals surface area contributed by atoms with E-state index in [1.807, 2.05) is 45.9 Å². The minimum atomic E-state index is -0.528. The number of benzene rings is 2. The average Bonchev–Trinajstić information content (AvgIpc) is 3.66. The molecule has 39 heavy (non-hydrogen) atoms. The lowest BCUT2D eigenvalue weighted by atomic mass is 9.88. The summed E-state index contributed by atoms with van der Waals surface area (Å²) in [5, 5.41) is 9.08. The maximum absolute atomic E-state index is 13.8. The Labute approximate surface area is 227 Å². The molecule has 0 spiro atoms. The van der Waals surface area contributed by atoms with Crippen LogP contribution in [0.15, 0.2) is 77.6 Å². The number of rotatable bonds is 8. The van der Waals surface area contributed by atoms with Crippen LogP contribution in [-0.2, 0) is 22.6 Å². The van der Waals surface area contributed by atoms with Crippen LogP contribution < -0.4 is 4.90 Å². The Morgan fingerprint density at radius 3 is 2.49 bits per heavy atom. The summed E-state index contributed by atoms with van der Waals surface area (Å²) in [6.07, 6.45) is 8.70. The van der Waals surface area contributed by atoms with Gasteiger partial charge in [-0.25, -0.2) is 9.78 Å². The molecule has 1 saturated carbocycles. The highest BCUT2D eigenvalue weighted by Crippen LogP contribution is 2.31. The molecule has 8 nitrogen and oxygen atoms in total. The van der Waals surface area contributed by atoms with Crippen molar-refractivity contribution >= 4 is 17.6 Å². The number of hydrogen-bond acceptors (Lipinski definition) is 6. The van der Waals surface area contributed by atoms with Gasteiger partial charge in [0, 0.05) is 29.9 Å². The van der Waals surface area contributed by atoms with Crippen LogP contribution in [0, 0.1) is 17.2 Å². The number of hydrogen-bond donors (Lipinski definition) is 0. The lowest BCUT2D eigenvalue weighted by Crippen LogP contribution is -2.37. The molecule has 0 radical (unpaired) electrons. The highest BCUT2D eigenvalue weighted by Gasteiger charge is 2.28. The van der Waals surface area contributed by atoms with Crippen LogP contribution >= 0.6 is 0 Å². The van der Waals surface area contributed by atoms with Gasteiger partial charge < -0.3 is 18.6 Å². The number of imidazole rings is 1. The first-order valence-corrected chi connectivity index (χ1v) is 13.1. The standard InChI is InChI=1S/C31H30N4O4/c1-38-31(37)29-16-15-28(39-29)24-11-13-26(14-12-24)35(30(36)25-5-3-2-4-6-25)20-27-18-33-21-34(27)19-23-9-7-22(17-32)8-10-23/h7-16,18,21,25H,2-6,19-20H2,1H3. The van der Waals surface area contributed by atoms with Gasteiger partial charge in [-0.15, -0.1) is 0 Å². The molecule has 5 rings (SSSR count). The summed E-state index contributed by atoms with van der Waals surface area (Å²) in [5.74, 6) is 0.286. The van der Waals surface area contributed by atoms with Crippen LogP contribution in [0.2, 0.25) is 0 Å². The van der Waals surface area contributed by atoms with E-state index in [1.54, 1.807) is 36.8 Å². The second kappa shape index (κ2) is 11.8. The van der Waals surface area contributed by atoms with Gasteiger partial charge >= 0.3 is 5.97 Å². The lowest BCUT2D eigenvalue weighted by Gasteiger charge is -2.30. The van der Waals surface area contributed by atoms with E-state index in [4.69, 9.17) is 14.4 Å². The molecule has 1 aliphatic rings. The zero-order valence-corrected chi connectivity index (χ0v) is 21.9. The van der Waals surface area contributed by atoms with E-state index >= 15 is 0 Å². The van der Waals surface area contributed by atoms with Gasteiger partial charge in [-0.1, -0.05) is 31.4 Å². The van der Waals surface area contributed by atoms with Gasteiger partial charge in [0.15, 0.2) is 0 Å². The van der Waals surface area contributed by atoms with E-state index in [2.05, 4.69) is 11.1 Å². The summed E-state index contributed by atoms with van der Waals surface area (Å²) in [4.78, 5) is 31.8. The van der Waals surface area contributed by atoms with E-state index in [-0.39, 0.29) is 17.6 Å². The van der Waals surface area contributed by atoms with Crippen molar-refractivity contribution in [3.8, 4) is 17.4 Å². The van der Waals surface area contributed by atoms with Gasteiger partial charge in [-0.2, -0.15) is 5.26 Å². The normalized spacial score (nSPS) is 13.5. The topological polar surface area (TPSA) is 101 Å². The molecule has 2 aromatic heterocycles. The Morgan fingerprint density at radius 1 is 1.05 bits per heavy atom. The maximum Gasteiger partial charge on any atom is 0.373 e. The van der Waals surface area contributed by atoms with Gasteiger partial charge in [-0.05, 0) is 66.9 Å². The molecule has 0 unspecified atom stereocenters. The first-order valence-electron chi connectivity index (χ1n) is 13.1. The number of methoxy groups -OCH3 is 1. The Hall–Kier alpha value is -4.64. The van der Waals surface area contributed by atoms with E-state index in [1.165, 1.54) is 13.5 Å². The van der Waals surface area contributed by atoms with Crippen LogP contribution in [0.25, 0.3) is 11.3 Å². The molecule has 1 fully saturated rings. The fraction of sp³-hybridized carbons (Fsp3) is 0.290. The molecule has 2 heterocycles. The van der Waals surface area contributed by atoms with Crippen LogP contribution in [-0.4, -0.2) is 28.5 Å². The van der Waals surface area contributed by atoms with Crippen molar-refractivity contribution in [2.24, 2.45) is 5.92 Å². The monoisotopic (exact) mass is 522 g/mol. The quantitative estimate of drug-likeness (QED) is 0.265. The Kier molecular flexibility index (Phi) is 7.88. The number of esters is 1. The molecule has 198 valence electrons. The molecule has 0 aliphatic heterocycles. The molecular formula is C31H30N4O4. The fourth-order valence-corrected chi connectivity index (χ4v) is 5.04. The predicted octanol–water partition coefficient (Wildman–Crippen LogP) is 5.96. The summed E-state index contributed by atoms with van der Waals surface area (Å²) in [6, 6.07) is 20.6. The van der Waals surface area contributed by atoms with Crippen molar-refractivity contribution in [3.05, 3.63) is 95.8 Å². The molecule has 0 bridgehead atoms. The van der Waals surface area contributed by atoms with Crippen molar-refractivity contribution in [2.45, 2.75) is 45.2 Å². The molecule has 1 amide bonds. The van der Waals surface area contributed by atoms with Crippen LogP contribution in [0.3, 0.4) is 0 Å². The zero-order valence-electron chi connectivity index (χ0n) is 21.9. The Morgan fingerprint density at radius 2 is 1.79 bits per heavy atom. The summed E-state index contributed by atoms with van der Waals surface area (Å²) >= 11 is 0. The number of nitriles is 1. The summed E-state index contributed by atoms with van der Waals surface area (Å²) in [7, 11) is 1.31. The largest absolute Gasteiger partial charge is 0.463 e. The summed E-state index contributed by atoms with van der Waals surface area (Å²) < 4.78 is 12.4.